The monoisotopic (exact) mass is 275 g/mol. The molecule has 0 saturated heterocycles. The summed E-state index contributed by atoms with van der Waals surface area (Å²) in [6, 6.07) is 3.05. The van der Waals surface area contributed by atoms with Gasteiger partial charge in [-0.05, 0) is 25.5 Å². The SMILES string of the molecule is CCN1N=C(CO)C(=Nc2cc(C)c(O)cc2N)C1=N. The molecule has 20 heavy (non-hydrogen) atoms. The number of anilines is 1. The molecule has 106 valence electrons. The van der Waals surface area contributed by atoms with Crippen LogP contribution in [0.25, 0.3) is 0 Å². The molecule has 0 saturated carbocycles. The van der Waals surface area contributed by atoms with Crippen LogP contribution >= 0.6 is 0 Å². The highest BCUT2D eigenvalue weighted by Gasteiger charge is 2.27. The van der Waals surface area contributed by atoms with Crippen molar-refractivity contribution in [3.8, 4) is 5.75 Å². The van der Waals surface area contributed by atoms with E-state index in [1.54, 1.807) is 13.0 Å². The second-order valence-electron chi connectivity index (χ2n) is 4.43. The molecular weight excluding hydrogens is 258 g/mol. The van der Waals surface area contributed by atoms with Crippen molar-refractivity contribution < 1.29 is 10.2 Å². The van der Waals surface area contributed by atoms with Crippen LogP contribution < -0.4 is 5.73 Å². The first-order valence-corrected chi connectivity index (χ1v) is 6.20. The lowest BCUT2D eigenvalue weighted by Crippen LogP contribution is -2.27. The van der Waals surface area contributed by atoms with Crippen LogP contribution in [0.2, 0.25) is 0 Å². The van der Waals surface area contributed by atoms with Crippen molar-refractivity contribution in [3.63, 3.8) is 0 Å². The van der Waals surface area contributed by atoms with Crippen LogP contribution in [-0.2, 0) is 0 Å². The van der Waals surface area contributed by atoms with E-state index in [1.807, 2.05) is 6.92 Å². The molecule has 7 heteroatoms. The third-order valence-electron chi connectivity index (χ3n) is 3.02. The maximum Gasteiger partial charge on any atom is 0.169 e. The van der Waals surface area contributed by atoms with E-state index in [2.05, 4.69) is 10.1 Å². The Morgan fingerprint density at radius 1 is 1.45 bits per heavy atom. The standard InChI is InChI=1S/C13H17N5O2/c1-3-18-13(15)12(10(6-19)17-18)16-9-4-7(2)11(20)5-8(9)14/h4-5,15,19-20H,3,6,14H2,1-2H3. The second kappa shape index (κ2) is 5.30. The summed E-state index contributed by atoms with van der Waals surface area (Å²) in [6.45, 7) is 3.81. The van der Waals surface area contributed by atoms with E-state index in [0.29, 0.717) is 34.9 Å². The number of aromatic hydroxyl groups is 1. The van der Waals surface area contributed by atoms with Crippen molar-refractivity contribution in [1.29, 1.82) is 5.41 Å². The molecule has 0 aromatic heterocycles. The van der Waals surface area contributed by atoms with Gasteiger partial charge in [0.2, 0.25) is 0 Å². The molecule has 1 aliphatic rings. The first-order chi connectivity index (χ1) is 9.47. The van der Waals surface area contributed by atoms with Crippen molar-refractivity contribution in [1.82, 2.24) is 5.01 Å². The number of hydrazone groups is 1. The van der Waals surface area contributed by atoms with Crippen LogP contribution in [-0.4, -0.2) is 45.6 Å². The zero-order chi connectivity index (χ0) is 14.9. The predicted molar refractivity (Wildman–Crippen MR) is 79.0 cm³/mol. The fourth-order valence-corrected chi connectivity index (χ4v) is 1.87. The number of aliphatic hydroxyl groups excluding tert-OH is 1. The molecule has 0 unspecified atom stereocenters. The van der Waals surface area contributed by atoms with E-state index in [-0.39, 0.29) is 18.2 Å². The van der Waals surface area contributed by atoms with Gasteiger partial charge in [-0.1, -0.05) is 0 Å². The Hall–Kier alpha value is -2.41. The average Bonchev–Trinajstić information content (AvgIpc) is 2.72. The molecule has 1 aromatic rings. The number of amidine groups is 1. The van der Waals surface area contributed by atoms with Crippen molar-refractivity contribution in [2.75, 3.05) is 18.9 Å². The zero-order valence-corrected chi connectivity index (χ0v) is 11.4. The molecule has 5 N–H and O–H groups in total. The number of hydrogen-bond donors (Lipinski definition) is 4. The van der Waals surface area contributed by atoms with Crippen LogP contribution in [0.15, 0.2) is 22.2 Å². The first-order valence-electron chi connectivity index (χ1n) is 6.20. The fourth-order valence-electron chi connectivity index (χ4n) is 1.87. The van der Waals surface area contributed by atoms with Gasteiger partial charge in [0.15, 0.2) is 5.84 Å². The number of rotatable bonds is 3. The number of nitrogens with one attached hydrogen (secondary N) is 1. The molecule has 0 aliphatic carbocycles. The molecule has 0 atom stereocenters. The highest BCUT2D eigenvalue weighted by molar-refractivity contribution is 6.70. The van der Waals surface area contributed by atoms with Crippen LogP contribution in [0.5, 0.6) is 5.75 Å². The van der Waals surface area contributed by atoms with Gasteiger partial charge >= 0.3 is 0 Å². The Morgan fingerprint density at radius 3 is 2.75 bits per heavy atom. The van der Waals surface area contributed by atoms with Gasteiger partial charge in [0.05, 0.1) is 18.0 Å². The number of phenols is 1. The van der Waals surface area contributed by atoms with Crippen LogP contribution in [0.1, 0.15) is 12.5 Å². The smallest absolute Gasteiger partial charge is 0.169 e. The Kier molecular flexibility index (Phi) is 3.71. The molecule has 7 nitrogen and oxygen atoms in total. The quantitative estimate of drug-likeness (QED) is 0.616. The number of phenolic OH excluding ortho intramolecular Hbond substituents is 1. The van der Waals surface area contributed by atoms with Crippen molar-refractivity contribution in [2.45, 2.75) is 13.8 Å². The van der Waals surface area contributed by atoms with Gasteiger partial charge in [-0.3, -0.25) is 5.41 Å². The molecule has 0 bridgehead atoms. The highest BCUT2D eigenvalue weighted by Crippen LogP contribution is 2.30. The van der Waals surface area contributed by atoms with E-state index in [9.17, 15) is 10.2 Å². The number of aryl methyl sites for hydroxylation is 1. The summed E-state index contributed by atoms with van der Waals surface area (Å²) in [5.74, 6) is 0.223. The molecule has 1 aliphatic heterocycles. The third-order valence-corrected chi connectivity index (χ3v) is 3.02. The summed E-state index contributed by atoms with van der Waals surface area (Å²) < 4.78 is 0. The Bertz CT molecular complexity index is 621. The Morgan fingerprint density at radius 2 is 2.15 bits per heavy atom. The highest BCUT2D eigenvalue weighted by atomic mass is 16.3. The summed E-state index contributed by atoms with van der Waals surface area (Å²) in [4.78, 5) is 4.31. The molecule has 0 amide bonds. The number of nitrogens with two attached hydrogens (primary N) is 1. The van der Waals surface area contributed by atoms with Crippen LogP contribution in [0, 0.1) is 12.3 Å². The van der Waals surface area contributed by atoms with Gasteiger partial charge in [0.25, 0.3) is 0 Å². The summed E-state index contributed by atoms with van der Waals surface area (Å²) >= 11 is 0. The number of aliphatic imine (C=N–C) groups is 1. The lowest BCUT2D eigenvalue weighted by atomic mass is 10.1. The lowest BCUT2D eigenvalue weighted by molar-refractivity contribution is 0.356. The maximum atomic E-state index is 9.57. The molecule has 0 spiro atoms. The van der Waals surface area contributed by atoms with E-state index >= 15 is 0 Å². The second-order valence-corrected chi connectivity index (χ2v) is 4.43. The number of hydrogen-bond acceptors (Lipinski definition) is 6. The van der Waals surface area contributed by atoms with E-state index in [4.69, 9.17) is 11.1 Å². The third kappa shape index (κ3) is 2.35. The fraction of sp³-hybridized carbons (Fsp3) is 0.308. The summed E-state index contributed by atoms with van der Waals surface area (Å²) in [5, 5.41) is 32.4. The number of aliphatic hydroxyl groups is 1. The summed E-state index contributed by atoms with van der Waals surface area (Å²) in [5.41, 5.74) is 7.83. The van der Waals surface area contributed by atoms with Crippen molar-refractivity contribution in [3.05, 3.63) is 17.7 Å². The molecule has 1 heterocycles. The summed E-state index contributed by atoms with van der Waals surface area (Å²) in [7, 11) is 0. The normalized spacial score (nSPS) is 16.9. The molecule has 0 fully saturated rings. The van der Waals surface area contributed by atoms with Gasteiger partial charge in [-0.2, -0.15) is 5.10 Å². The number of benzene rings is 1. The van der Waals surface area contributed by atoms with Crippen LogP contribution in [0.3, 0.4) is 0 Å². The maximum absolute atomic E-state index is 9.57. The number of nitrogens with zero attached hydrogens (tertiary/aromatic N) is 3. The average molecular weight is 275 g/mol. The minimum atomic E-state index is -0.297. The Labute approximate surface area is 116 Å². The Balaban J connectivity index is 2.48. The minimum absolute atomic E-state index is 0.0965. The van der Waals surface area contributed by atoms with Crippen molar-refractivity contribution >= 4 is 28.6 Å². The van der Waals surface area contributed by atoms with Crippen molar-refractivity contribution in [2.24, 2.45) is 10.1 Å². The summed E-state index contributed by atoms with van der Waals surface area (Å²) in [6.07, 6.45) is 0. The molecular formula is C13H17N5O2. The number of nitrogen functional groups attached to an aromatic ring is 1. The van der Waals surface area contributed by atoms with E-state index in [0.717, 1.165) is 0 Å². The van der Waals surface area contributed by atoms with Gasteiger partial charge in [0.1, 0.15) is 17.2 Å². The first kappa shape index (κ1) is 14.0. The van der Waals surface area contributed by atoms with Gasteiger partial charge in [-0.25, -0.2) is 10.0 Å². The van der Waals surface area contributed by atoms with E-state index < -0.39 is 0 Å². The van der Waals surface area contributed by atoms with Gasteiger partial charge in [0, 0.05) is 12.6 Å². The largest absolute Gasteiger partial charge is 0.508 e. The molecule has 1 aromatic carbocycles. The molecule has 0 radical (unpaired) electrons. The van der Waals surface area contributed by atoms with Gasteiger partial charge < -0.3 is 15.9 Å². The molecule has 2 rings (SSSR count). The minimum Gasteiger partial charge on any atom is -0.508 e. The van der Waals surface area contributed by atoms with Gasteiger partial charge in [-0.15, -0.1) is 0 Å². The topological polar surface area (TPSA) is 118 Å². The zero-order valence-electron chi connectivity index (χ0n) is 11.4. The van der Waals surface area contributed by atoms with Crippen LogP contribution in [0.4, 0.5) is 11.4 Å². The lowest BCUT2D eigenvalue weighted by Gasteiger charge is -2.10. The van der Waals surface area contributed by atoms with E-state index in [1.165, 1.54) is 11.1 Å². The predicted octanol–water partition coefficient (Wildman–Crippen LogP) is 1.02.